The normalized spacial score (nSPS) is 10.1. The summed E-state index contributed by atoms with van der Waals surface area (Å²) < 4.78 is 11.0. The Kier molecular flexibility index (Phi) is 9.37. The Hall–Kier alpha value is -2.84. The first-order valence-corrected chi connectivity index (χ1v) is 10.2. The predicted octanol–water partition coefficient (Wildman–Crippen LogP) is 3.54. The van der Waals surface area contributed by atoms with Crippen molar-refractivity contribution < 1.29 is 19.1 Å². The van der Waals surface area contributed by atoms with Crippen molar-refractivity contribution in [1.82, 2.24) is 16.2 Å². The monoisotopic (exact) mass is 449 g/mol. The van der Waals surface area contributed by atoms with Gasteiger partial charge in [0.15, 0.2) is 11.7 Å². The molecule has 0 heterocycles. The van der Waals surface area contributed by atoms with Crippen LogP contribution in [0.25, 0.3) is 0 Å². The van der Waals surface area contributed by atoms with Gasteiger partial charge in [-0.1, -0.05) is 24.9 Å². The molecule has 0 radical (unpaired) electrons. The van der Waals surface area contributed by atoms with Crippen LogP contribution < -0.4 is 25.6 Å². The van der Waals surface area contributed by atoms with Crippen LogP contribution in [0.3, 0.4) is 0 Å². The number of hydrazine groups is 1. The lowest BCUT2D eigenvalue weighted by atomic mass is 10.2. The molecule has 3 N–H and O–H groups in total. The molecule has 0 fully saturated rings. The molecule has 7 nitrogen and oxygen atoms in total. The van der Waals surface area contributed by atoms with E-state index in [9.17, 15) is 9.59 Å². The van der Waals surface area contributed by atoms with Gasteiger partial charge in [-0.3, -0.25) is 25.8 Å². The van der Waals surface area contributed by atoms with Gasteiger partial charge in [-0.25, -0.2) is 0 Å². The van der Waals surface area contributed by atoms with E-state index >= 15 is 0 Å². The Labute approximate surface area is 186 Å². The molecule has 0 aliphatic heterocycles. The molecule has 160 valence electrons. The van der Waals surface area contributed by atoms with Crippen LogP contribution in [0.1, 0.15) is 35.7 Å². The Balaban J connectivity index is 1.72. The number of rotatable bonds is 8. The molecular weight excluding hydrogens is 426 g/mol. The summed E-state index contributed by atoms with van der Waals surface area (Å²) in [6.45, 7) is 4.32. The molecule has 9 heteroatoms. The van der Waals surface area contributed by atoms with Crippen molar-refractivity contribution in [3.8, 4) is 11.5 Å². The van der Waals surface area contributed by atoms with E-state index in [-0.39, 0.29) is 11.7 Å². The summed E-state index contributed by atoms with van der Waals surface area (Å²) in [6, 6.07) is 11.8. The van der Waals surface area contributed by atoms with Crippen LogP contribution in [0.15, 0.2) is 42.5 Å². The molecule has 0 saturated heterocycles. The Morgan fingerprint density at radius 1 is 1.07 bits per heavy atom. The molecule has 0 aliphatic rings. The molecule has 2 aromatic carbocycles. The number of halogens is 1. The number of aryl methyl sites for hydroxylation is 1. The molecule has 0 aliphatic carbocycles. The molecule has 0 spiro atoms. The second kappa shape index (κ2) is 12.0. The average molecular weight is 450 g/mol. The van der Waals surface area contributed by atoms with Crippen molar-refractivity contribution in [1.29, 1.82) is 0 Å². The summed E-state index contributed by atoms with van der Waals surface area (Å²) in [5, 5.41) is 3.03. The highest BCUT2D eigenvalue weighted by molar-refractivity contribution is 7.80. The zero-order chi connectivity index (χ0) is 21.9. The maximum atomic E-state index is 12.2. The number of hydrogen-bond acceptors (Lipinski definition) is 5. The zero-order valence-corrected chi connectivity index (χ0v) is 18.4. The smallest absolute Gasteiger partial charge is 0.276 e. The highest BCUT2D eigenvalue weighted by Gasteiger charge is 2.10. The summed E-state index contributed by atoms with van der Waals surface area (Å²) in [4.78, 5) is 24.1. The van der Waals surface area contributed by atoms with Gasteiger partial charge in [-0.05, 0) is 73.6 Å². The molecule has 2 aromatic rings. The van der Waals surface area contributed by atoms with Crippen LogP contribution in [0.5, 0.6) is 11.5 Å². The molecule has 2 rings (SSSR count). The number of ether oxygens (including phenoxy) is 2. The summed E-state index contributed by atoms with van der Waals surface area (Å²) >= 11 is 10.9. The molecule has 0 unspecified atom stereocenters. The van der Waals surface area contributed by atoms with Gasteiger partial charge in [0.05, 0.1) is 6.61 Å². The number of thiocarbonyl (C=S) groups is 1. The quantitative estimate of drug-likeness (QED) is 0.324. The Morgan fingerprint density at radius 2 is 1.80 bits per heavy atom. The van der Waals surface area contributed by atoms with Crippen molar-refractivity contribution in [3.63, 3.8) is 0 Å². The SMILES string of the molecule is CCCCOc1ccc(C(=O)NC(=S)NNC(=O)COc2ccc(Cl)cc2C)cc1. The van der Waals surface area contributed by atoms with Crippen LogP contribution >= 0.6 is 23.8 Å². The minimum absolute atomic E-state index is 0.0423. The predicted molar refractivity (Wildman–Crippen MR) is 120 cm³/mol. The van der Waals surface area contributed by atoms with E-state index in [2.05, 4.69) is 23.1 Å². The molecular formula is C21H24ClN3O4S. The van der Waals surface area contributed by atoms with Crippen LogP contribution in [-0.4, -0.2) is 30.1 Å². The number of benzene rings is 2. The van der Waals surface area contributed by atoms with E-state index in [0.29, 0.717) is 28.7 Å². The highest BCUT2D eigenvalue weighted by Crippen LogP contribution is 2.21. The topological polar surface area (TPSA) is 88.7 Å². The third kappa shape index (κ3) is 7.88. The molecule has 0 saturated carbocycles. The fourth-order valence-electron chi connectivity index (χ4n) is 2.32. The van der Waals surface area contributed by atoms with E-state index in [1.165, 1.54) is 0 Å². The number of hydrogen-bond donors (Lipinski definition) is 3. The minimum Gasteiger partial charge on any atom is -0.494 e. The fraction of sp³-hybridized carbons (Fsp3) is 0.286. The second-order valence-electron chi connectivity index (χ2n) is 6.38. The van der Waals surface area contributed by atoms with Gasteiger partial charge >= 0.3 is 0 Å². The number of nitrogens with one attached hydrogen (secondary N) is 3. The lowest BCUT2D eigenvalue weighted by molar-refractivity contribution is -0.123. The Morgan fingerprint density at radius 3 is 2.47 bits per heavy atom. The van der Waals surface area contributed by atoms with Gasteiger partial charge in [0.1, 0.15) is 11.5 Å². The Bertz CT molecular complexity index is 890. The molecule has 2 amide bonds. The van der Waals surface area contributed by atoms with Gasteiger partial charge < -0.3 is 9.47 Å². The van der Waals surface area contributed by atoms with Gasteiger partial charge in [-0.2, -0.15) is 0 Å². The maximum absolute atomic E-state index is 12.2. The molecule has 0 aromatic heterocycles. The molecule has 0 bridgehead atoms. The minimum atomic E-state index is -0.463. The van der Waals surface area contributed by atoms with E-state index in [1.54, 1.807) is 42.5 Å². The van der Waals surface area contributed by atoms with Crippen molar-refractivity contribution in [2.75, 3.05) is 13.2 Å². The lowest BCUT2D eigenvalue weighted by Crippen LogP contribution is -2.49. The van der Waals surface area contributed by atoms with Crippen LogP contribution in [0.2, 0.25) is 5.02 Å². The number of carbonyl (C=O) groups excluding carboxylic acids is 2. The van der Waals surface area contributed by atoms with Gasteiger partial charge in [0.25, 0.3) is 11.8 Å². The lowest BCUT2D eigenvalue weighted by Gasteiger charge is -2.12. The van der Waals surface area contributed by atoms with E-state index < -0.39 is 11.8 Å². The first kappa shape index (κ1) is 23.4. The molecule has 0 atom stereocenters. The largest absolute Gasteiger partial charge is 0.494 e. The number of carbonyl (C=O) groups is 2. The van der Waals surface area contributed by atoms with Gasteiger partial charge in [-0.15, -0.1) is 0 Å². The second-order valence-corrected chi connectivity index (χ2v) is 7.23. The van der Waals surface area contributed by atoms with Crippen LogP contribution in [0.4, 0.5) is 0 Å². The zero-order valence-electron chi connectivity index (χ0n) is 16.8. The highest BCUT2D eigenvalue weighted by atomic mass is 35.5. The van der Waals surface area contributed by atoms with Crippen molar-refractivity contribution in [3.05, 3.63) is 58.6 Å². The standard InChI is InChI=1S/C21H24ClN3O4S/c1-3-4-11-28-17-8-5-15(6-9-17)20(27)23-21(30)25-24-19(26)13-29-18-10-7-16(22)12-14(18)2/h5-10,12H,3-4,11,13H2,1-2H3,(H,24,26)(H2,23,25,27,30). The van der Waals surface area contributed by atoms with E-state index in [1.807, 2.05) is 6.92 Å². The van der Waals surface area contributed by atoms with Gasteiger partial charge in [0, 0.05) is 10.6 Å². The summed E-state index contributed by atoms with van der Waals surface area (Å²) in [7, 11) is 0. The van der Waals surface area contributed by atoms with Crippen molar-refractivity contribution >= 4 is 40.7 Å². The van der Waals surface area contributed by atoms with Gasteiger partial charge in [0.2, 0.25) is 0 Å². The first-order valence-electron chi connectivity index (χ1n) is 9.41. The maximum Gasteiger partial charge on any atom is 0.276 e. The third-order valence-corrected chi connectivity index (χ3v) is 4.36. The molecule has 30 heavy (non-hydrogen) atoms. The third-order valence-electron chi connectivity index (χ3n) is 3.92. The summed E-state index contributed by atoms with van der Waals surface area (Å²) in [5.74, 6) is 0.376. The van der Waals surface area contributed by atoms with Crippen molar-refractivity contribution in [2.24, 2.45) is 0 Å². The number of unbranched alkanes of at least 4 members (excludes halogenated alkanes) is 1. The van der Waals surface area contributed by atoms with Crippen LogP contribution in [-0.2, 0) is 4.79 Å². The number of amides is 2. The summed E-state index contributed by atoms with van der Waals surface area (Å²) in [5.41, 5.74) is 6.05. The van der Waals surface area contributed by atoms with E-state index in [4.69, 9.17) is 33.3 Å². The summed E-state index contributed by atoms with van der Waals surface area (Å²) in [6.07, 6.45) is 2.02. The van der Waals surface area contributed by atoms with Crippen LogP contribution in [0, 0.1) is 6.92 Å². The first-order chi connectivity index (χ1) is 14.4. The average Bonchev–Trinajstić information content (AvgIpc) is 2.72. The fourth-order valence-corrected chi connectivity index (χ4v) is 2.69. The van der Waals surface area contributed by atoms with Crippen molar-refractivity contribution in [2.45, 2.75) is 26.7 Å². The van der Waals surface area contributed by atoms with E-state index in [0.717, 1.165) is 18.4 Å².